The molecule has 0 fully saturated rings. The molecule has 0 aliphatic carbocycles. The van der Waals surface area contributed by atoms with Crippen LogP contribution in [-0.4, -0.2) is 9.91 Å². The van der Waals surface area contributed by atoms with E-state index in [1.165, 1.54) is 18.2 Å². The van der Waals surface area contributed by atoms with Gasteiger partial charge in [0.15, 0.2) is 0 Å². The minimum absolute atomic E-state index is 0.00908. The highest BCUT2D eigenvalue weighted by Gasteiger charge is 2.09. The molecule has 1 aromatic carbocycles. The standard InChI is InChI=1S/C13H12ClN3O2/c1-9-4-5-15-7-10(9)8-16-13-6-11(17(18)19)2-3-12(13)14/h2-7,16H,8H2,1H3. The average molecular weight is 278 g/mol. The first-order chi connectivity index (χ1) is 9.08. The zero-order valence-corrected chi connectivity index (χ0v) is 11.0. The molecule has 0 spiro atoms. The number of hydrogen-bond acceptors (Lipinski definition) is 4. The Labute approximate surface area is 115 Å². The van der Waals surface area contributed by atoms with Gasteiger partial charge in [-0.2, -0.15) is 0 Å². The predicted octanol–water partition coefficient (Wildman–Crippen LogP) is 3.56. The fourth-order valence-corrected chi connectivity index (χ4v) is 1.82. The first-order valence-corrected chi connectivity index (χ1v) is 6.03. The van der Waals surface area contributed by atoms with E-state index in [0.717, 1.165) is 11.1 Å². The maximum Gasteiger partial charge on any atom is 0.271 e. The van der Waals surface area contributed by atoms with Gasteiger partial charge in [-0.1, -0.05) is 11.6 Å². The molecule has 0 aliphatic rings. The molecule has 6 heteroatoms. The molecule has 19 heavy (non-hydrogen) atoms. The van der Waals surface area contributed by atoms with Crippen LogP contribution in [0, 0.1) is 17.0 Å². The maximum atomic E-state index is 10.7. The zero-order valence-electron chi connectivity index (χ0n) is 10.3. The van der Waals surface area contributed by atoms with E-state index < -0.39 is 4.92 Å². The van der Waals surface area contributed by atoms with Crippen molar-refractivity contribution in [3.05, 3.63) is 62.9 Å². The van der Waals surface area contributed by atoms with Gasteiger partial charge >= 0.3 is 0 Å². The molecule has 0 atom stereocenters. The minimum atomic E-state index is -0.448. The van der Waals surface area contributed by atoms with Gasteiger partial charge in [0, 0.05) is 31.1 Å². The number of nitro benzene ring substituents is 1. The van der Waals surface area contributed by atoms with E-state index in [1.54, 1.807) is 12.4 Å². The highest BCUT2D eigenvalue weighted by Crippen LogP contribution is 2.27. The molecular formula is C13H12ClN3O2. The second kappa shape index (κ2) is 5.67. The van der Waals surface area contributed by atoms with Crippen molar-refractivity contribution in [1.29, 1.82) is 0 Å². The second-order valence-corrected chi connectivity index (χ2v) is 4.48. The number of nitro groups is 1. The van der Waals surface area contributed by atoms with Gasteiger partial charge < -0.3 is 5.32 Å². The average Bonchev–Trinajstić information content (AvgIpc) is 2.39. The van der Waals surface area contributed by atoms with Gasteiger partial charge in [-0.3, -0.25) is 15.1 Å². The van der Waals surface area contributed by atoms with Crippen LogP contribution in [0.25, 0.3) is 0 Å². The fourth-order valence-electron chi connectivity index (χ4n) is 1.63. The van der Waals surface area contributed by atoms with Crippen molar-refractivity contribution in [2.75, 3.05) is 5.32 Å². The molecule has 0 saturated carbocycles. The molecule has 2 rings (SSSR count). The largest absolute Gasteiger partial charge is 0.379 e. The summed E-state index contributed by atoms with van der Waals surface area (Å²) in [6, 6.07) is 6.22. The summed E-state index contributed by atoms with van der Waals surface area (Å²) in [4.78, 5) is 14.3. The van der Waals surface area contributed by atoms with Crippen LogP contribution in [0.4, 0.5) is 11.4 Å². The molecule has 98 valence electrons. The number of pyridine rings is 1. The first kappa shape index (κ1) is 13.3. The van der Waals surface area contributed by atoms with Crippen LogP contribution in [0.1, 0.15) is 11.1 Å². The SMILES string of the molecule is Cc1ccncc1CNc1cc([N+](=O)[O-])ccc1Cl. The van der Waals surface area contributed by atoms with Crippen molar-refractivity contribution in [3.8, 4) is 0 Å². The van der Waals surface area contributed by atoms with Crippen molar-refractivity contribution >= 4 is 23.0 Å². The van der Waals surface area contributed by atoms with Gasteiger partial charge in [-0.25, -0.2) is 0 Å². The lowest BCUT2D eigenvalue weighted by atomic mass is 10.1. The molecule has 0 aliphatic heterocycles. The fraction of sp³-hybridized carbons (Fsp3) is 0.154. The molecule has 0 amide bonds. The summed E-state index contributed by atoms with van der Waals surface area (Å²) in [5.74, 6) is 0. The lowest BCUT2D eigenvalue weighted by Gasteiger charge is -2.09. The van der Waals surface area contributed by atoms with E-state index in [-0.39, 0.29) is 5.69 Å². The number of nitrogens with zero attached hydrogens (tertiary/aromatic N) is 2. The summed E-state index contributed by atoms with van der Waals surface area (Å²) in [5.41, 5.74) is 2.67. The molecule has 1 aromatic heterocycles. The van der Waals surface area contributed by atoms with Crippen LogP contribution in [0.2, 0.25) is 5.02 Å². The van der Waals surface area contributed by atoms with Crippen LogP contribution in [-0.2, 0) is 6.54 Å². The number of anilines is 1. The molecule has 0 bridgehead atoms. The number of aromatic nitrogens is 1. The molecule has 5 nitrogen and oxygen atoms in total. The molecule has 0 saturated heterocycles. The molecular weight excluding hydrogens is 266 g/mol. The Balaban J connectivity index is 2.17. The summed E-state index contributed by atoms with van der Waals surface area (Å²) >= 11 is 6.01. The number of rotatable bonds is 4. The van der Waals surface area contributed by atoms with Gasteiger partial charge in [0.1, 0.15) is 0 Å². The summed E-state index contributed by atoms with van der Waals surface area (Å²) in [6.07, 6.45) is 3.48. The van der Waals surface area contributed by atoms with Gasteiger partial charge in [0.05, 0.1) is 15.6 Å². The van der Waals surface area contributed by atoms with E-state index in [1.807, 2.05) is 13.0 Å². The Bertz CT molecular complexity index is 617. The van der Waals surface area contributed by atoms with Crippen LogP contribution in [0.5, 0.6) is 0 Å². The van der Waals surface area contributed by atoms with Crippen LogP contribution >= 0.6 is 11.6 Å². The summed E-state index contributed by atoms with van der Waals surface area (Å²) in [5, 5.41) is 14.3. The van der Waals surface area contributed by atoms with Gasteiger partial charge in [-0.15, -0.1) is 0 Å². The topological polar surface area (TPSA) is 68.1 Å². The highest BCUT2D eigenvalue weighted by atomic mass is 35.5. The third kappa shape index (κ3) is 3.20. The highest BCUT2D eigenvalue weighted by molar-refractivity contribution is 6.33. The number of hydrogen-bond donors (Lipinski definition) is 1. The maximum absolute atomic E-state index is 10.7. The number of benzene rings is 1. The molecule has 1 heterocycles. The Morgan fingerprint density at radius 2 is 2.21 bits per heavy atom. The predicted molar refractivity (Wildman–Crippen MR) is 74.4 cm³/mol. The lowest BCUT2D eigenvalue weighted by Crippen LogP contribution is -2.02. The third-order valence-electron chi connectivity index (χ3n) is 2.78. The van der Waals surface area contributed by atoms with Gasteiger partial charge in [-0.05, 0) is 30.2 Å². The zero-order chi connectivity index (χ0) is 13.8. The van der Waals surface area contributed by atoms with Crippen LogP contribution < -0.4 is 5.32 Å². The quantitative estimate of drug-likeness (QED) is 0.685. The Morgan fingerprint density at radius 3 is 2.89 bits per heavy atom. The number of non-ortho nitro benzene ring substituents is 1. The van der Waals surface area contributed by atoms with Crippen LogP contribution in [0.15, 0.2) is 36.7 Å². The van der Waals surface area contributed by atoms with E-state index >= 15 is 0 Å². The van der Waals surface area contributed by atoms with Crippen LogP contribution in [0.3, 0.4) is 0 Å². The Kier molecular flexibility index (Phi) is 3.97. The molecule has 0 radical (unpaired) electrons. The second-order valence-electron chi connectivity index (χ2n) is 4.08. The van der Waals surface area contributed by atoms with Crippen molar-refractivity contribution in [2.24, 2.45) is 0 Å². The molecule has 0 unspecified atom stereocenters. The summed E-state index contributed by atoms with van der Waals surface area (Å²) in [7, 11) is 0. The number of nitrogens with one attached hydrogen (secondary N) is 1. The molecule has 2 aromatic rings. The third-order valence-corrected chi connectivity index (χ3v) is 3.11. The van der Waals surface area contributed by atoms with E-state index in [0.29, 0.717) is 17.3 Å². The summed E-state index contributed by atoms with van der Waals surface area (Å²) < 4.78 is 0. The minimum Gasteiger partial charge on any atom is -0.379 e. The van der Waals surface area contributed by atoms with E-state index in [4.69, 9.17) is 11.6 Å². The summed E-state index contributed by atoms with van der Waals surface area (Å²) in [6.45, 7) is 2.49. The van der Waals surface area contributed by atoms with Crippen molar-refractivity contribution in [1.82, 2.24) is 4.98 Å². The van der Waals surface area contributed by atoms with E-state index in [9.17, 15) is 10.1 Å². The lowest BCUT2D eigenvalue weighted by molar-refractivity contribution is -0.384. The number of aryl methyl sites for hydroxylation is 1. The smallest absolute Gasteiger partial charge is 0.271 e. The van der Waals surface area contributed by atoms with Crippen molar-refractivity contribution in [2.45, 2.75) is 13.5 Å². The molecule has 1 N–H and O–H groups in total. The first-order valence-electron chi connectivity index (χ1n) is 5.65. The van der Waals surface area contributed by atoms with Crippen molar-refractivity contribution < 1.29 is 4.92 Å². The van der Waals surface area contributed by atoms with Gasteiger partial charge in [0.25, 0.3) is 5.69 Å². The number of halogens is 1. The van der Waals surface area contributed by atoms with E-state index in [2.05, 4.69) is 10.3 Å². The van der Waals surface area contributed by atoms with Gasteiger partial charge in [0.2, 0.25) is 0 Å². The normalized spacial score (nSPS) is 10.2. The monoisotopic (exact) mass is 277 g/mol. The Hall–Kier alpha value is -2.14. The Morgan fingerprint density at radius 1 is 1.42 bits per heavy atom. The van der Waals surface area contributed by atoms with Crippen molar-refractivity contribution in [3.63, 3.8) is 0 Å².